The minimum absolute atomic E-state index is 0.000113. The number of rotatable bonds is 9. The number of carbonyl (C=O) groups is 3. The number of amides is 3. The summed E-state index contributed by atoms with van der Waals surface area (Å²) in [6.07, 6.45) is 1.55. The van der Waals surface area contributed by atoms with Crippen LogP contribution in [0, 0.1) is 0 Å². The molecule has 3 aromatic rings. The Labute approximate surface area is 186 Å². The van der Waals surface area contributed by atoms with E-state index in [4.69, 9.17) is 4.42 Å². The van der Waals surface area contributed by atoms with Crippen molar-refractivity contribution in [3.05, 3.63) is 83.8 Å². The monoisotopic (exact) mass is 434 g/mol. The van der Waals surface area contributed by atoms with E-state index < -0.39 is 0 Å². The summed E-state index contributed by atoms with van der Waals surface area (Å²) in [4.78, 5) is 36.8. The van der Waals surface area contributed by atoms with E-state index in [1.807, 2.05) is 13.8 Å². The SMILES string of the molecule is CC(C)NC(=O)c1cccc(NC(=O)CNc2cccc(C(=O)NCc3ccco3)c2)c1. The second kappa shape index (κ2) is 10.8. The summed E-state index contributed by atoms with van der Waals surface area (Å²) in [7, 11) is 0. The molecule has 32 heavy (non-hydrogen) atoms. The van der Waals surface area contributed by atoms with Crippen molar-refractivity contribution in [2.75, 3.05) is 17.2 Å². The summed E-state index contributed by atoms with van der Waals surface area (Å²) in [5.74, 6) is -0.0588. The van der Waals surface area contributed by atoms with Gasteiger partial charge in [0.1, 0.15) is 5.76 Å². The molecule has 1 heterocycles. The summed E-state index contributed by atoms with van der Waals surface area (Å²) in [6, 6.07) is 17.2. The second-order valence-electron chi connectivity index (χ2n) is 7.45. The van der Waals surface area contributed by atoms with E-state index in [9.17, 15) is 14.4 Å². The molecule has 0 unspecified atom stereocenters. The molecule has 2 aromatic carbocycles. The summed E-state index contributed by atoms with van der Waals surface area (Å²) >= 11 is 0. The lowest BCUT2D eigenvalue weighted by Crippen LogP contribution is -2.30. The van der Waals surface area contributed by atoms with Crippen LogP contribution in [0.3, 0.4) is 0 Å². The molecule has 0 saturated heterocycles. The van der Waals surface area contributed by atoms with E-state index in [2.05, 4.69) is 21.3 Å². The smallest absolute Gasteiger partial charge is 0.251 e. The fraction of sp³-hybridized carbons (Fsp3) is 0.208. The summed E-state index contributed by atoms with van der Waals surface area (Å²) in [6.45, 7) is 4.06. The lowest BCUT2D eigenvalue weighted by Gasteiger charge is -2.11. The highest BCUT2D eigenvalue weighted by Gasteiger charge is 2.10. The predicted molar refractivity (Wildman–Crippen MR) is 122 cm³/mol. The molecule has 0 radical (unpaired) electrons. The van der Waals surface area contributed by atoms with Gasteiger partial charge in [-0.3, -0.25) is 14.4 Å². The lowest BCUT2D eigenvalue weighted by molar-refractivity contribution is -0.114. The van der Waals surface area contributed by atoms with Crippen LogP contribution in [-0.2, 0) is 11.3 Å². The molecule has 0 fully saturated rings. The first-order valence-electron chi connectivity index (χ1n) is 10.3. The Bertz CT molecular complexity index is 1080. The van der Waals surface area contributed by atoms with E-state index in [1.165, 1.54) is 0 Å². The lowest BCUT2D eigenvalue weighted by atomic mass is 10.1. The van der Waals surface area contributed by atoms with Gasteiger partial charge in [0.2, 0.25) is 5.91 Å². The normalized spacial score (nSPS) is 10.5. The standard InChI is InChI=1S/C24H26N4O4/c1-16(2)27-24(31)18-7-4-9-20(13-18)28-22(29)15-25-19-8-3-6-17(12-19)23(30)26-14-21-10-5-11-32-21/h3-13,16,25H,14-15H2,1-2H3,(H,26,30)(H,27,31)(H,28,29). The Kier molecular flexibility index (Phi) is 7.64. The van der Waals surface area contributed by atoms with Gasteiger partial charge in [-0.25, -0.2) is 0 Å². The van der Waals surface area contributed by atoms with Gasteiger partial charge in [-0.2, -0.15) is 0 Å². The van der Waals surface area contributed by atoms with Crippen LogP contribution in [0.5, 0.6) is 0 Å². The highest BCUT2D eigenvalue weighted by molar-refractivity contribution is 5.98. The van der Waals surface area contributed by atoms with Gasteiger partial charge in [-0.05, 0) is 62.4 Å². The third kappa shape index (κ3) is 6.73. The first kappa shape index (κ1) is 22.6. The molecule has 3 amide bonds. The number of furan rings is 1. The number of hydrogen-bond donors (Lipinski definition) is 4. The van der Waals surface area contributed by atoms with Crippen molar-refractivity contribution in [2.45, 2.75) is 26.4 Å². The van der Waals surface area contributed by atoms with E-state index in [-0.39, 0.29) is 30.3 Å². The van der Waals surface area contributed by atoms with E-state index in [1.54, 1.807) is 66.9 Å². The number of nitrogens with one attached hydrogen (secondary N) is 4. The molecule has 1 aromatic heterocycles. The van der Waals surface area contributed by atoms with Gasteiger partial charge in [-0.15, -0.1) is 0 Å². The van der Waals surface area contributed by atoms with Crippen LogP contribution in [0.2, 0.25) is 0 Å². The molecule has 4 N–H and O–H groups in total. The summed E-state index contributed by atoms with van der Waals surface area (Å²) in [5.41, 5.74) is 2.10. The zero-order chi connectivity index (χ0) is 22.9. The largest absolute Gasteiger partial charge is 0.467 e. The maximum absolute atomic E-state index is 12.3. The molecular weight excluding hydrogens is 408 g/mol. The van der Waals surface area contributed by atoms with Crippen molar-refractivity contribution in [3.63, 3.8) is 0 Å². The Morgan fingerprint density at radius 3 is 2.25 bits per heavy atom. The van der Waals surface area contributed by atoms with Crippen molar-refractivity contribution < 1.29 is 18.8 Å². The molecule has 0 atom stereocenters. The molecule has 0 aliphatic heterocycles. The Hall–Kier alpha value is -4.07. The molecule has 8 heteroatoms. The Morgan fingerprint density at radius 2 is 1.56 bits per heavy atom. The van der Waals surface area contributed by atoms with Crippen LogP contribution in [0.1, 0.15) is 40.3 Å². The van der Waals surface area contributed by atoms with Gasteiger partial charge in [0.05, 0.1) is 19.4 Å². The van der Waals surface area contributed by atoms with Gasteiger partial charge in [-0.1, -0.05) is 12.1 Å². The fourth-order valence-electron chi connectivity index (χ4n) is 2.92. The highest BCUT2D eigenvalue weighted by atomic mass is 16.3. The topological polar surface area (TPSA) is 112 Å². The Balaban J connectivity index is 1.52. The predicted octanol–water partition coefficient (Wildman–Crippen LogP) is 3.40. The van der Waals surface area contributed by atoms with E-state index in [0.717, 1.165) is 0 Å². The maximum atomic E-state index is 12.3. The molecule has 0 bridgehead atoms. The van der Waals surface area contributed by atoms with E-state index >= 15 is 0 Å². The highest BCUT2D eigenvalue weighted by Crippen LogP contribution is 2.13. The van der Waals surface area contributed by atoms with Crippen molar-refractivity contribution >= 4 is 29.1 Å². The average molecular weight is 434 g/mol. The zero-order valence-corrected chi connectivity index (χ0v) is 18.0. The first-order valence-corrected chi connectivity index (χ1v) is 10.3. The van der Waals surface area contributed by atoms with E-state index in [0.29, 0.717) is 34.8 Å². The average Bonchev–Trinajstić information content (AvgIpc) is 3.30. The number of carbonyl (C=O) groups excluding carboxylic acids is 3. The van der Waals surface area contributed by atoms with Crippen LogP contribution < -0.4 is 21.3 Å². The van der Waals surface area contributed by atoms with Gasteiger partial charge in [0.25, 0.3) is 11.8 Å². The third-order valence-electron chi connectivity index (χ3n) is 4.41. The quantitative estimate of drug-likeness (QED) is 0.412. The van der Waals surface area contributed by atoms with Gasteiger partial charge in [0.15, 0.2) is 0 Å². The Morgan fingerprint density at radius 1 is 0.875 bits per heavy atom. The minimum atomic E-state index is -0.279. The molecule has 0 saturated carbocycles. The van der Waals surface area contributed by atoms with Crippen molar-refractivity contribution in [1.29, 1.82) is 0 Å². The fourth-order valence-corrected chi connectivity index (χ4v) is 2.92. The van der Waals surface area contributed by atoms with Gasteiger partial charge >= 0.3 is 0 Å². The van der Waals surface area contributed by atoms with Crippen molar-refractivity contribution in [2.24, 2.45) is 0 Å². The maximum Gasteiger partial charge on any atom is 0.251 e. The van der Waals surface area contributed by atoms with Crippen LogP contribution in [0.25, 0.3) is 0 Å². The molecular formula is C24H26N4O4. The van der Waals surface area contributed by atoms with Crippen molar-refractivity contribution in [3.8, 4) is 0 Å². The zero-order valence-electron chi connectivity index (χ0n) is 18.0. The molecule has 0 spiro atoms. The molecule has 8 nitrogen and oxygen atoms in total. The molecule has 166 valence electrons. The number of anilines is 2. The summed E-state index contributed by atoms with van der Waals surface area (Å²) < 4.78 is 5.20. The number of benzene rings is 2. The molecule has 0 aliphatic rings. The molecule has 3 rings (SSSR count). The van der Waals surface area contributed by atoms with Crippen LogP contribution in [0.4, 0.5) is 11.4 Å². The van der Waals surface area contributed by atoms with Crippen LogP contribution in [0.15, 0.2) is 71.3 Å². The van der Waals surface area contributed by atoms with Gasteiger partial charge in [0, 0.05) is 28.5 Å². The number of hydrogen-bond acceptors (Lipinski definition) is 5. The van der Waals surface area contributed by atoms with Crippen LogP contribution >= 0.6 is 0 Å². The van der Waals surface area contributed by atoms with Crippen LogP contribution in [-0.4, -0.2) is 30.3 Å². The second-order valence-corrected chi connectivity index (χ2v) is 7.45. The van der Waals surface area contributed by atoms with Crippen molar-refractivity contribution in [1.82, 2.24) is 10.6 Å². The summed E-state index contributed by atoms with van der Waals surface area (Å²) in [5, 5.41) is 11.4. The molecule has 0 aliphatic carbocycles. The first-order chi connectivity index (χ1) is 15.4. The minimum Gasteiger partial charge on any atom is -0.467 e. The van der Waals surface area contributed by atoms with Gasteiger partial charge < -0.3 is 25.7 Å². The third-order valence-corrected chi connectivity index (χ3v) is 4.41.